The van der Waals surface area contributed by atoms with Crippen LogP contribution in [0, 0.1) is 22.6 Å². The highest BCUT2D eigenvalue weighted by molar-refractivity contribution is 5.32. The van der Waals surface area contributed by atoms with E-state index in [2.05, 4.69) is 12.2 Å². The van der Waals surface area contributed by atoms with Crippen molar-refractivity contribution in [3.05, 3.63) is 35.1 Å². The van der Waals surface area contributed by atoms with E-state index in [9.17, 15) is 4.39 Å². The molecule has 2 nitrogen and oxygen atoms in total. The van der Waals surface area contributed by atoms with Gasteiger partial charge < -0.3 is 5.32 Å². The van der Waals surface area contributed by atoms with Gasteiger partial charge >= 0.3 is 0 Å². The summed E-state index contributed by atoms with van der Waals surface area (Å²) in [5.74, 6) is -0.299. The molecule has 0 spiro atoms. The molecule has 0 radical (unpaired) electrons. The van der Waals surface area contributed by atoms with Crippen LogP contribution in [0.25, 0.3) is 0 Å². The van der Waals surface area contributed by atoms with E-state index in [4.69, 9.17) is 5.26 Å². The van der Waals surface area contributed by atoms with Gasteiger partial charge in [-0.3, -0.25) is 0 Å². The van der Waals surface area contributed by atoms with Gasteiger partial charge in [0, 0.05) is 18.7 Å². The third kappa shape index (κ3) is 2.59. The van der Waals surface area contributed by atoms with E-state index < -0.39 is 0 Å². The normalized spacial score (nSPS) is 16.8. The van der Waals surface area contributed by atoms with E-state index in [-0.39, 0.29) is 5.82 Å². The molecule has 1 aliphatic carbocycles. The monoisotopic (exact) mass is 218 g/mol. The predicted molar refractivity (Wildman–Crippen MR) is 60.2 cm³/mol. The molecule has 1 aromatic carbocycles. The number of nitrogens with one attached hydrogen (secondary N) is 1. The zero-order valence-corrected chi connectivity index (χ0v) is 9.39. The van der Waals surface area contributed by atoms with Gasteiger partial charge in [0.2, 0.25) is 0 Å². The summed E-state index contributed by atoms with van der Waals surface area (Å²) in [6.45, 7) is 3.70. The SMILES string of the molecule is CC1(CNCc2ccc(C#N)cc2F)CC1. The van der Waals surface area contributed by atoms with Gasteiger partial charge in [-0.2, -0.15) is 5.26 Å². The second kappa shape index (κ2) is 4.23. The Hall–Kier alpha value is -1.40. The first-order valence-electron chi connectivity index (χ1n) is 5.52. The van der Waals surface area contributed by atoms with E-state index in [0.717, 1.165) is 6.54 Å². The molecule has 0 atom stereocenters. The molecule has 0 bridgehead atoms. The van der Waals surface area contributed by atoms with E-state index in [0.29, 0.717) is 23.1 Å². The van der Waals surface area contributed by atoms with Crippen molar-refractivity contribution in [3.8, 4) is 6.07 Å². The Morgan fingerprint density at radius 3 is 2.81 bits per heavy atom. The van der Waals surface area contributed by atoms with Crippen molar-refractivity contribution in [2.75, 3.05) is 6.54 Å². The molecule has 3 heteroatoms. The maximum absolute atomic E-state index is 13.5. The van der Waals surface area contributed by atoms with E-state index >= 15 is 0 Å². The fourth-order valence-corrected chi connectivity index (χ4v) is 1.65. The Labute approximate surface area is 95.1 Å². The highest BCUT2D eigenvalue weighted by atomic mass is 19.1. The van der Waals surface area contributed by atoms with Crippen LogP contribution in [-0.4, -0.2) is 6.54 Å². The van der Waals surface area contributed by atoms with Crippen LogP contribution >= 0.6 is 0 Å². The van der Waals surface area contributed by atoms with Crippen molar-refractivity contribution in [1.29, 1.82) is 5.26 Å². The van der Waals surface area contributed by atoms with E-state index in [1.807, 2.05) is 6.07 Å². The second-order valence-electron chi connectivity index (χ2n) is 4.83. The molecular formula is C13H15FN2. The van der Waals surface area contributed by atoms with Gasteiger partial charge in [-0.15, -0.1) is 0 Å². The Balaban J connectivity index is 1.91. The first-order valence-corrected chi connectivity index (χ1v) is 5.52. The largest absolute Gasteiger partial charge is 0.312 e. The summed E-state index contributed by atoms with van der Waals surface area (Å²) in [6.07, 6.45) is 2.52. The Kier molecular flexibility index (Phi) is 2.93. The molecule has 2 rings (SSSR count). The molecule has 0 aromatic heterocycles. The molecule has 1 aliphatic rings. The zero-order valence-electron chi connectivity index (χ0n) is 9.39. The first kappa shape index (κ1) is 11.1. The molecule has 0 saturated heterocycles. The fraction of sp³-hybridized carbons (Fsp3) is 0.462. The molecule has 84 valence electrons. The Morgan fingerprint density at radius 2 is 2.25 bits per heavy atom. The fourth-order valence-electron chi connectivity index (χ4n) is 1.65. The molecular weight excluding hydrogens is 203 g/mol. The van der Waals surface area contributed by atoms with Crippen molar-refractivity contribution in [2.45, 2.75) is 26.3 Å². The molecule has 0 unspecified atom stereocenters. The van der Waals surface area contributed by atoms with Crippen molar-refractivity contribution >= 4 is 0 Å². The third-order valence-electron chi connectivity index (χ3n) is 3.15. The second-order valence-corrected chi connectivity index (χ2v) is 4.83. The minimum atomic E-state index is -0.299. The molecule has 1 fully saturated rings. The summed E-state index contributed by atoms with van der Waals surface area (Å²) in [6, 6.07) is 6.54. The maximum Gasteiger partial charge on any atom is 0.129 e. The number of halogens is 1. The standard InChI is InChI=1S/C13H15FN2/c1-13(4-5-13)9-16-8-11-3-2-10(7-15)6-12(11)14/h2-3,6,16H,4-5,8-9H2,1H3. The van der Waals surface area contributed by atoms with Crippen LogP contribution in [0.1, 0.15) is 30.9 Å². The van der Waals surface area contributed by atoms with Crippen LogP contribution in [-0.2, 0) is 6.54 Å². The topological polar surface area (TPSA) is 35.8 Å². The number of nitrogens with zero attached hydrogens (tertiary/aromatic N) is 1. The number of hydrogen-bond donors (Lipinski definition) is 1. The van der Waals surface area contributed by atoms with Crippen LogP contribution in [0.5, 0.6) is 0 Å². The number of benzene rings is 1. The average molecular weight is 218 g/mol. The highest BCUT2D eigenvalue weighted by Crippen LogP contribution is 2.44. The first-order chi connectivity index (χ1) is 7.63. The van der Waals surface area contributed by atoms with Gasteiger partial charge in [0.1, 0.15) is 5.82 Å². The van der Waals surface area contributed by atoms with Gasteiger partial charge in [0.15, 0.2) is 0 Å². The minimum Gasteiger partial charge on any atom is -0.312 e. The smallest absolute Gasteiger partial charge is 0.129 e. The van der Waals surface area contributed by atoms with Gasteiger partial charge in [-0.05, 0) is 30.4 Å². The Bertz CT molecular complexity index is 430. The van der Waals surface area contributed by atoms with Crippen LogP contribution in [0.2, 0.25) is 0 Å². The lowest BCUT2D eigenvalue weighted by molar-refractivity contribution is 0.491. The lowest BCUT2D eigenvalue weighted by Gasteiger charge is -2.10. The van der Waals surface area contributed by atoms with Gasteiger partial charge in [0.25, 0.3) is 0 Å². The molecule has 0 heterocycles. The number of nitriles is 1. The molecule has 1 aromatic rings. The van der Waals surface area contributed by atoms with E-state index in [1.54, 1.807) is 12.1 Å². The predicted octanol–water partition coefficient (Wildman–Crippen LogP) is 2.59. The lowest BCUT2D eigenvalue weighted by Crippen LogP contribution is -2.22. The molecule has 16 heavy (non-hydrogen) atoms. The van der Waals surface area contributed by atoms with Crippen LogP contribution in [0.3, 0.4) is 0 Å². The zero-order chi connectivity index (χ0) is 11.6. The number of rotatable bonds is 4. The van der Waals surface area contributed by atoms with Gasteiger partial charge in [-0.25, -0.2) is 4.39 Å². The molecule has 1 N–H and O–H groups in total. The lowest BCUT2D eigenvalue weighted by atomic mass is 10.1. The molecule has 0 aliphatic heterocycles. The van der Waals surface area contributed by atoms with Crippen LogP contribution in [0.15, 0.2) is 18.2 Å². The highest BCUT2D eigenvalue weighted by Gasteiger charge is 2.36. The summed E-state index contributed by atoms with van der Waals surface area (Å²) in [7, 11) is 0. The number of hydrogen-bond acceptors (Lipinski definition) is 2. The third-order valence-corrected chi connectivity index (χ3v) is 3.15. The van der Waals surface area contributed by atoms with Crippen LogP contribution in [0.4, 0.5) is 4.39 Å². The summed E-state index contributed by atoms with van der Waals surface area (Å²) in [5, 5.41) is 11.9. The summed E-state index contributed by atoms with van der Waals surface area (Å²) in [4.78, 5) is 0. The summed E-state index contributed by atoms with van der Waals surface area (Å²) >= 11 is 0. The van der Waals surface area contributed by atoms with Crippen molar-refractivity contribution in [2.24, 2.45) is 5.41 Å². The summed E-state index contributed by atoms with van der Waals surface area (Å²) < 4.78 is 13.5. The van der Waals surface area contributed by atoms with Crippen LogP contribution < -0.4 is 5.32 Å². The quantitative estimate of drug-likeness (QED) is 0.843. The minimum absolute atomic E-state index is 0.299. The van der Waals surface area contributed by atoms with Gasteiger partial charge in [-0.1, -0.05) is 13.0 Å². The van der Waals surface area contributed by atoms with Crippen molar-refractivity contribution in [3.63, 3.8) is 0 Å². The maximum atomic E-state index is 13.5. The Morgan fingerprint density at radius 1 is 1.50 bits per heavy atom. The van der Waals surface area contributed by atoms with Gasteiger partial charge in [0.05, 0.1) is 11.6 Å². The average Bonchev–Trinajstić information content (AvgIpc) is 2.99. The van der Waals surface area contributed by atoms with E-state index in [1.165, 1.54) is 18.9 Å². The van der Waals surface area contributed by atoms with Crippen molar-refractivity contribution in [1.82, 2.24) is 5.32 Å². The molecule has 1 saturated carbocycles. The van der Waals surface area contributed by atoms with Crippen molar-refractivity contribution < 1.29 is 4.39 Å². The molecule has 0 amide bonds. The summed E-state index contributed by atoms with van der Waals surface area (Å²) in [5.41, 5.74) is 1.43.